The van der Waals surface area contributed by atoms with E-state index in [0.29, 0.717) is 22.7 Å². The topological polar surface area (TPSA) is 81.9 Å². The van der Waals surface area contributed by atoms with Crippen molar-refractivity contribution in [3.05, 3.63) is 59.4 Å². The number of anilines is 1. The molecular weight excluding hydrogens is 406 g/mol. The van der Waals surface area contributed by atoms with E-state index < -0.39 is 0 Å². The molecule has 9 heteroatoms. The summed E-state index contributed by atoms with van der Waals surface area (Å²) < 4.78 is 7.89. The molecule has 1 N–H and O–H groups in total. The van der Waals surface area contributed by atoms with Crippen molar-refractivity contribution in [3.63, 3.8) is 0 Å². The molecule has 1 unspecified atom stereocenters. The zero-order valence-electron chi connectivity index (χ0n) is 16.6. The average molecular weight is 430 g/mol. The number of carbonyl (C=O) groups excluding carboxylic acids is 1. The summed E-state index contributed by atoms with van der Waals surface area (Å²) in [6.45, 7) is 10.5. The lowest BCUT2D eigenvalue weighted by Gasteiger charge is -2.13. The zero-order valence-corrected chi connectivity index (χ0v) is 18.2. The number of hydrogen-bond acceptors (Lipinski definition) is 7. The highest BCUT2D eigenvalue weighted by Crippen LogP contribution is 2.25. The highest BCUT2D eigenvalue weighted by molar-refractivity contribution is 8.00. The Morgan fingerprint density at radius 3 is 2.97 bits per heavy atom. The van der Waals surface area contributed by atoms with Crippen LogP contribution in [-0.4, -0.2) is 30.9 Å². The van der Waals surface area contributed by atoms with Gasteiger partial charge in [0.05, 0.1) is 5.25 Å². The second-order valence-electron chi connectivity index (χ2n) is 6.44. The Kier molecular flexibility index (Phi) is 7.05. The number of amides is 1. The van der Waals surface area contributed by atoms with Crippen LogP contribution in [0, 0.1) is 13.8 Å². The Balaban J connectivity index is 1.69. The molecule has 0 spiro atoms. The monoisotopic (exact) mass is 429 g/mol. The third-order valence-corrected chi connectivity index (χ3v) is 5.89. The lowest BCUT2D eigenvalue weighted by molar-refractivity contribution is -0.115. The Labute approximate surface area is 178 Å². The van der Waals surface area contributed by atoms with Crippen molar-refractivity contribution in [2.45, 2.75) is 44.3 Å². The minimum absolute atomic E-state index is 0.133. The maximum Gasteiger partial charge on any atom is 0.239 e. The predicted molar refractivity (Wildman–Crippen MR) is 117 cm³/mol. The molecule has 0 saturated carbocycles. The second kappa shape index (κ2) is 9.71. The summed E-state index contributed by atoms with van der Waals surface area (Å²) in [7, 11) is 0. The summed E-state index contributed by atoms with van der Waals surface area (Å²) in [4.78, 5) is 16.5. The van der Waals surface area contributed by atoms with Gasteiger partial charge in [-0.2, -0.15) is 0 Å². The number of nitrogens with one attached hydrogen (secondary N) is 1. The van der Waals surface area contributed by atoms with Crippen LogP contribution in [0.25, 0.3) is 0 Å². The standard InChI is InChI=1S/C20H23N5O2S2/c1-5-9-25-17(12-27-16-11-13(2)6-7-14(16)3)23-24-20(25)29-15(4)18(26)22-19-21-8-10-28-19/h5-8,10-11,15H,1,9,12H2,2-4H3,(H,21,22,26). The fourth-order valence-electron chi connectivity index (χ4n) is 2.53. The summed E-state index contributed by atoms with van der Waals surface area (Å²) in [5.74, 6) is 1.37. The molecule has 29 heavy (non-hydrogen) atoms. The van der Waals surface area contributed by atoms with Crippen LogP contribution in [0.5, 0.6) is 5.75 Å². The van der Waals surface area contributed by atoms with Gasteiger partial charge in [0.15, 0.2) is 16.1 Å². The smallest absolute Gasteiger partial charge is 0.239 e. The molecule has 1 aromatic carbocycles. The van der Waals surface area contributed by atoms with E-state index in [1.807, 2.05) is 42.9 Å². The van der Waals surface area contributed by atoms with Crippen LogP contribution in [0.2, 0.25) is 0 Å². The third kappa shape index (κ3) is 5.45. The molecule has 0 aliphatic carbocycles. The average Bonchev–Trinajstić information content (AvgIpc) is 3.33. The maximum atomic E-state index is 12.4. The van der Waals surface area contributed by atoms with Gasteiger partial charge in [-0.15, -0.1) is 28.1 Å². The lowest BCUT2D eigenvalue weighted by atomic mass is 10.1. The van der Waals surface area contributed by atoms with E-state index in [2.05, 4.69) is 33.1 Å². The fraction of sp³-hybridized carbons (Fsp3) is 0.300. The first-order chi connectivity index (χ1) is 14.0. The highest BCUT2D eigenvalue weighted by atomic mass is 32.2. The van der Waals surface area contributed by atoms with E-state index in [0.717, 1.165) is 16.9 Å². The highest BCUT2D eigenvalue weighted by Gasteiger charge is 2.21. The Bertz CT molecular complexity index is 985. The number of thioether (sulfide) groups is 1. The lowest BCUT2D eigenvalue weighted by Crippen LogP contribution is -2.23. The van der Waals surface area contributed by atoms with Crippen LogP contribution in [-0.2, 0) is 17.9 Å². The minimum atomic E-state index is -0.362. The third-order valence-electron chi connectivity index (χ3n) is 4.12. The van der Waals surface area contributed by atoms with E-state index in [9.17, 15) is 4.79 Å². The molecule has 0 aliphatic heterocycles. The van der Waals surface area contributed by atoms with Crippen molar-refractivity contribution in [2.24, 2.45) is 0 Å². The normalized spacial score (nSPS) is 11.8. The van der Waals surface area contributed by atoms with Gasteiger partial charge < -0.3 is 10.1 Å². The van der Waals surface area contributed by atoms with Crippen molar-refractivity contribution in [1.29, 1.82) is 0 Å². The molecule has 7 nitrogen and oxygen atoms in total. The minimum Gasteiger partial charge on any atom is -0.485 e. The van der Waals surface area contributed by atoms with Crippen LogP contribution in [0.3, 0.4) is 0 Å². The number of thiazole rings is 1. The quantitative estimate of drug-likeness (QED) is 0.405. The fourth-order valence-corrected chi connectivity index (χ4v) is 3.94. The van der Waals surface area contributed by atoms with Gasteiger partial charge in [0.1, 0.15) is 12.4 Å². The first-order valence-electron chi connectivity index (χ1n) is 9.08. The maximum absolute atomic E-state index is 12.4. The van der Waals surface area contributed by atoms with E-state index in [4.69, 9.17) is 4.74 Å². The summed E-state index contributed by atoms with van der Waals surface area (Å²) in [5.41, 5.74) is 2.20. The number of benzene rings is 1. The number of hydrogen-bond donors (Lipinski definition) is 1. The Hall–Kier alpha value is -2.65. The van der Waals surface area contributed by atoms with E-state index >= 15 is 0 Å². The zero-order chi connectivity index (χ0) is 20.8. The molecule has 0 bridgehead atoms. The Morgan fingerprint density at radius 1 is 1.41 bits per heavy atom. The molecule has 0 fully saturated rings. The van der Waals surface area contributed by atoms with Crippen molar-refractivity contribution in [3.8, 4) is 5.75 Å². The van der Waals surface area contributed by atoms with Gasteiger partial charge in [-0.05, 0) is 38.0 Å². The predicted octanol–water partition coefficient (Wildman–Crippen LogP) is 4.24. The van der Waals surface area contributed by atoms with Gasteiger partial charge in [-0.25, -0.2) is 4.98 Å². The van der Waals surface area contributed by atoms with Gasteiger partial charge >= 0.3 is 0 Å². The molecule has 1 atom stereocenters. The van der Waals surface area contributed by atoms with Crippen LogP contribution in [0.4, 0.5) is 5.13 Å². The van der Waals surface area contributed by atoms with E-state index in [1.54, 1.807) is 12.3 Å². The van der Waals surface area contributed by atoms with Crippen LogP contribution in [0.1, 0.15) is 23.9 Å². The van der Waals surface area contributed by atoms with Gasteiger partial charge in [-0.1, -0.05) is 30.0 Å². The second-order valence-corrected chi connectivity index (χ2v) is 8.64. The summed E-state index contributed by atoms with van der Waals surface area (Å²) in [6, 6.07) is 6.09. The first-order valence-corrected chi connectivity index (χ1v) is 10.8. The number of aryl methyl sites for hydroxylation is 2. The molecule has 3 aromatic rings. The SMILES string of the molecule is C=CCn1c(COc2cc(C)ccc2C)nnc1SC(C)C(=O)Nc1nccs1. The first kappa shape index (κ1) is 21.1. The molecule has 0 radical (unpaired) electrons. The molecule has 3 rings (SSSR count). The number of allylic oxidation sites excluding steroid dienone is 1. The van der Waals surface area contributed by atoms with Gasteiger partial charge in [0.25, 0.3) is 0 Å². The molecule has 0 saturated heterocycles. The molecule has 1 amide bonds. The van der Waals surface area contributed by atoms with Crippen LogP contribution in [0.15, 0.2) is 47.6 Å². The van der Waals surface area contributed by atoms with Crippen molar-refractivity contribution in [2.75, 3.05) is 5.32 Å². The number of carbonyl (C=O) groups is 1. The largest absolute Gasteiger partial charge is 0.485 e. The van der Waals surface area contributed by atoms with Crippen molar-refractivity contribution < 1.29 is 9.53 Å². The molecule has 2 aromatic heterocycles. The molecule has 0 aliphatic rings. The van der Waals surface area contributed by atoms with E-state index in [-0.39, 0.29) is 17.8 Å². The van der Waals surface area contributed by atoms with Gasteiger partial charge in [-0.3, -0.25) is 9.36 Å². The van der Waals surface area contributed by atoms with Gasteiger partial charge in [0.2, 0.25) is 5.91 Å². The molecule has 152 valence electrons. The van der Waals surface area contributed by atoms with E-state index in [1.165, 1.54) is 23.1 Å². The Morgan fingerprint density at radius 2 is 2.24 bits per heavy atom. The summed E-state index contributed by atoms with van der Waals surface area (Å²) in [6.07, 6.45) is 3.43. The van der Waals surface area contributed by atoms with Gasteiger partial charge in [0, 0.05) is 18.1 Å². The number of aromatic nitrogens is 4. The molecular formula is C20H23N5O2S2. The van der Waals surface area contributed by atoms with Crippen LogP contribution >= 0.6 is 23.1 Å². The summed E-state index contributed by atoms with van der Waals surface area (Å²) in [5, 5.41) is 14.0. The summed E-state index contributed by atoms with van der Waals surface area (Å²) >= 11 is 2.72. The van der Waals surface area contributed by atoms with Crippen LogP contribution < -0.4 is 10.1 Å². The molecule has 2 heterocycles. The number of ether oxygens (including phenoxy) is 1. The number of nitrogens with zero attached hydrogens (tertiary/aromatic N) is 4. The van der Waals surface area contributed by atoms with Crippen molar-refractivity contribution in [1.82, 2.24) is 19.7 Å². The van der Waals surface area contributed by atoms with Crippen molar-refractivity contribution >= 4 is 34.1 Å². The number of rotatable bonds is 9.